The van der Waals surface area contributed by atoms with E-state index in [1.54, 1.807) is 18.3 Å². The summed E-state index contributed by atoms with van der Waals surface area (Å²) in [7, 11) is 0. The number of ketones is 1. The van der Waals surface area contributed by atoms with Crippen molar-refractivity contribution in [2.45, 2.75) is 26.9 Å². The fourth-order valence-electron chi connectivity index (χ4n) is 1.76. The number of fused-ring (bicyclic) bond motifs is 1. The Bertz CT molecular complexity index is 343. The van der Waals surface area contributed by atoms with Gasteiger partial charge in [0.05, 0.1) is 4.88 Å². The normalized spacial score (nSPS) is 16.2. The molecule has 0 atom stereocenters. The van der Waals surface area contributed by atoms with E-state index in [1.807, 2.05) is 0 Å². The Balaban J connectivity index is 2.32. The Hall–Kier alpha value is -0.670. The minimum atomic E-state index is 0.212. The number of hydrogen-bond acceptors (Lipinski definition) is 3. The molecule has 0 saturated carbocycles. The molecule has 0 aliphatic carbocycles. The molecule has 1 aliphatic rings. The fraction of sp³-hybridized carbons (Fsp3) is 0.500. The first-order valence-electron chi connectivity index (χ1n) is 4.55. The Morgan fingerprint density at radius 3 is 3.00 bits per heavy atom. The third-order valence-electron chi connectivity index (χ3n) is 2.52. The summed E-state index contributed by atoms with van der Waals surface area (Å²) >= 11 is 1.60. The maximum Gasteiger partial charge on any atom is 0.170 e. The van der Waals surface area contributed by atoms with E-state index in [1.165, 1.54) is 11.1 Å². The molecular formula is C10H13NOS. The molecule has 0 fully saturated rings. The van der Waals surface area contributed by atoms with Crippen molar-refractivity contribution < 1.29 is 4.79 Å². The van der Waals surface area contributed by atoms with Crippen LogP contribution >= 0.6 is 11.3 Å². The minimum Gasteiger partial charge on any atom is -0.295 e. The van der Waals surface area contributed by atoms with Crippen LogP contribution < -0.4 is 0 Å². The van der Waals surface area contributed by atoms with Gasteiger partial charge in [-0.05, 0) is 30.0 Å². The molecule has 2 nitrogen and oxygen atoms in total. The van der Waals surface area contributed by atoms with Gasteiger partial charge in [-0.1, -0.05) is 6.92 Å². The van der Waals surface area contributed by atoms with Gasteiger partial charge in [-0.15, -0.1) is 11.3 Å². The maximum atomic E-state index is 11.3. The van der Waals surface area contributed by atoms with Gasteiger partial charge in [0.1, 0.15) is 0 Å². The SMILES string of the molecule is CCN1Cc2csc(C(C)=O)c2C1. The highest BCUT2D eigenvalue weighted by Gasteiger charge is 2.23. The van der Waals surface area contributed by atoms with Gasteiger partial charge in [-0.3, -0.25) is 9.69 Å². The molecule has 1 aromatic heterocycles. The summed E-state index contributed by atoms with van der Waals surface area (Å²) in [6.45, 7) is 6.86. The molecule has 2 rings (SSSR count). The van der Waals surface area contributed by atoms with E-state index in [0.717, 1.165) is 24.5 Å². The van der Waals surface area contributed by atoms with Crippen LogP contribution in [0.4, 0.5) is 0 Å². The first-order chi connectivity index (χ1) is 6.22. The lowest BCUT2D eigenvalue weighted by Crippen LogP contribution is -2.15. The molecule has 0 radical (unpaired) electrons. The van der Waals surface area contributed by atoms with E-state index in [4.69, 9.17) is 0 Å². The van der Waals surface area contributed by atoms with Crippen molar-refractivity contribution in [2.75, 3.05) is 6.54 Å². The van der Waals surface area contributed by atoms with Gasteiger partial charge in [-0.2, -0.15) is 0 Å². The lowest BCUT2D eigenvalue weighted by atomic mass is 10.1. The number of carbonyl (C=O) groups is 1. The van der Waals surface area contributed by atoms with Gasteiger partial charge in [0.15, 0.2) is 5.78 Å². The van der Waals surface area contributed by atoms with Crippen molar-refractivity contribution in [1.29, 1.82) is 0 Å². The number of rotatable bonds is 2. The third-order valence-corrected chi connectivity index (χ3v) is 3.70. The van der Waals surface area contributed by atoms with E-state index >= 15 is 0 Å². The van der Waals surface area contributed by atoms with E-state index < -0.39 is 0 Å². The van der Waals surface area contributed by atoms with Crippen molar-refractivity contribution in [3.63, 3.8) is 0 Å². The number of Topliss-reactive ketones (excluding diaryl/α,β-unsaturated/α-hetero) is 1. The lowest BCUT2D eigenvalue weighted by molar-refractivity contribution is 0.102. The monoisotopic (exact) mass is 195 g/mol. The Morgan fingerprint density at radius 1 is 1.62 bits per heavy atom. The molecule has 0 spiro atoms. The average molecular weight is 195 g/mol. The second-order valence-electron chi connectivity index (χ2n) is 3.43. The van der Waals surface area contributed by atoms with Gasteiger partial charge < -0.3 is 0 Å². The fourth-order valence-corrected chi connectivity index (χ4v) is 2.74. The van der Waals surface area contributed by atoms with Crippen LogP contribution in [0.1, 0.15) is 34.6 Å². The zero-order chi connectivity index (χ0) is 9.42. The summed E-state index contributed by atoms with van der Waals surface area (Å²) in [6, 6.07) is 0. The number of hydrogen-bond donors (Lipinski definition) is 0. The summed E-state index contributed by atoms with van der Waals surface area (Å²) in [5.41, 5.74) is 2.64. The van der Waals surface area contributed by atoms with E-state index in [2.05, 4.69) is 17.2 Å². The number of thiophene rings is 1. The standard InChI is InChI=1S/C10H13NOS/c1-3-11-4-8-6-13-10(7(2)12)9(8)5-11/h6H,3-5H2,1-2H3. The van der Waals surface area contributed by atoms with Crippen molar-refractivity contribution in [3.8, 4) is 0 Å². The Labute approximate surface area is 82.2 Å². The molecule has 13 heavy (non-hydrogen) atoms. The quantitative estimate of drug-likeness (QED) is 0.675. The molecule has 3 heteroatoms. The predicted octanol–water partition coefficient (Wildman–Crippen LogP) is 2.29. The lowest BCUT2D eigenvalue weighted by Gasteiger charge is -2.10. The van der Waals surface area contributed by atoms with Crippen LogP contribution in [0.25, 0.3) is 0 Å². The van der Waals surface area contributed by atoms with Crippen LogP contribution in [-0.4, -0.2) is 17.2 Å². The van der Waals surface area contributed by atoms with Gasteiger partial charge in [-0.25, -0.2) is 0 Å². The number of nitrogens with zero attached hydrogens (tertiary/aromatic N) is 1. The molecule has 70 valence electrons. The molecule has 1 aromatic rings. The van der Waals surface area contributed by atoms with Crippen molar-refractivity contribution >= 4 is 17.1 Å². The van der Waals surface area contributed by atoms with Gasteiger partial charge in [0, 0.05) is 13.1 Å². The second kappa shape index (κ2) is 3.24. The van der Waals surface area contributed by atoms with Crippen LogP contribution in [0.5, 0.6) is 0 Å². The molecule has 0 amide bonds. The molecule has 0 bridgehead atoms. The maximum absolute atomic E-state index is 11.3. The molecule has 2 heterocycles. The average Bonchev–Trinajstić information content (AvgIpc) is 2.59. The highest BCUT2D eigenvalue weighted by Crippen LogP contribution is 2.30. The zero-order valence-electron chi connectivity index (χ0n) is 7.96. The van der Waals surface area contributed by atoms with Crippen LogP contribution in [0, 0.1) is 0 Å². The molecule has 0 aromatic carbocycles. The number of carbonyl (C=O) groups excluding carboxylic acids is 1. The first kappa shape index (κ1) is 8.91. The van der Waals surface area contributed by atoms with Gasteiger partial charge in [0.2, 0.25) is 0 Å². The predicted molar refractivity (Wildman–Crippen MR) is 54.1 cm³/mol. The highest BCUT2D eigenvalue weighted by atomic mass is 32.1. The second-order valence-corrected chi connectivity index (χ2v) is 4.31. The van der Waals surface area contributed by atoms with Crippen molar-refractivity contribution in [2.24, 2.45) is 0 Å². The summed E-state index contributed by atoms with van der Waals surface area (Å²) < 4.78 is 0. The topological polar surface area (TPSA) is 20.3 Å². The van der Waals surface area contributed by atoms with Gasteiger partial charge in [0.25, 0.3) is 0 Å². The first-order valence-corrected chi connectivity index (χ1v) is 5.43. The molecule has 0 N–H and O–H groups in total. The summed E-state index contributed by atoms with van der Waals surface area (Å²) in [5.74, 6) is 0.212. The van der Waals surface area contributed by atoms with Crippen molar-refractivity contribution in [1.82, 2.24) is 4.90 Å². The highest BCUT2D eigenvalue weighted by molar-refractivity contribution is 7.12. The summed E-state index contributed by atoms with van der Waals surface area (Å²) in [6.07, 6.45) is 0. The van der Waals surface area contributed by atoms with Crippen LogP contribution in [0.2, 0.25) is 0 Å². The van der Waals surface area contributed by atoms with E-state index in [9.17, 15) is 4.79 Å². The van der Waals surface area contributed by atoms with Gasteiger partial charge >= 0.3 is 0 Å². The van der Waals surface area contributed by atoms with E-state index in [-0.39, 0.29) is 5.78 Å². The minimum absolute atomic E-state index is 0.212. The third kappa shape index (κ3) is 1.42. The summed E-state index contributed by atoms with van der Waals surface area (Å²) in [4.78, 5) is 14.6. The van der Waals surface area contributed by atoms with Crippen LogP contribution in [0.3, 0.4) is 0 Å². The zero-order valence-corrected chi connectivity index (χ0v) is 8.78. The Kier molecular flexibility index (Phi) is 2.22. The molecule has 1 aliphatic heterocycles. The van der Waals surface area contributed by atoms with Crippen molar-refractivity contribution in [3.05, 3.63) is 21.4 Å². The molecule has 0 saturated heterocycles. The summed E-state index contributed by atoms with van der Waals surface area (Å²) in [5, 5.41) is 2.13. The van der Waals surface area contributed by atoms with E-state index in [0.29, 0.717) is 0 Å². The van der Waals surface area contributed by atoms with Crippen LogP contribution in [0.15, 0.2) is 5.38 Å². The Morgan fingerprint density at radius 2 is 2.38 bits per heavy atom. The smallest absolute Gasteiger partial charge is 0.170 e. The van der Waals surface area contributed by atoms with Crippen LogP contribution in [-0.2, 0) is 13.1 Å². The molecular weight excluding hydrogens is 182 g/mol. The largest absolute Gasteiger partial charge is 0.295 e. The molecule has 0 unspecified atom stereocenters.